The van der Waals surface area contributed by atoms with Gasteiger partial charge in [0.25, 0.3) is 0 Å². The van der Waals surface area contributed by atoms with E-state index in [-0.39, 0.29) is 58.7 Å². The van der Waals surface area contributed by atoms with Gasteiger partial charge in [0.05, 0.1) is 36.6 Å². The first-order valence-corrected chi connectivity index (χ1v) is 12.2. The lowest BCUT2D eigenvalue weighted by molar-refractivity contribution is -0.272. The Bertz CT molecular complexity index is 752. The molecule has 6 fully saturated rings. The molecule has 1 heterocycles. The third kappa shape index (κ3) is 2.12. The lowest BCUT2D eigenvalue weighted by atomic mass is 9.43. The van der Waals surface area contributed by atoms with E-state index in [4.69, 9.17) is 14.2 Å². The highest BCUT2D eigenvalue weighted by Crippen LogP contribution is 2.79. The Hall–Kier alpha value is -0.280. The number of ether oxygens (including phenoxy) is 3. The van der Waals surface area contributed by atoms with Gasteiger partial charge in [-0.25, -0.2) is 0 Å². The number of likely N-dealkylation sites (tertiary alicyclic amines) is 1. The number of aliphatic hydroxyl groups is 3. The topological polar surface area (TPSA) is 91.6 Å². The van der Waals surface area contributed by atoms with Crippen molar-refractivity contribution in [3.8, 4) is 0 Å². The third-order valence-electron chi connectivity index (χ3n) is 11.1. The summed E-state index contributed by atoms with van der Waals surface area (Å²) >= 11 is 0. The van der Waals surface area contributed by atoms with Crippen molar-refractivity contribution in [2.45, 2.75) is 68.7 Å². The second kappa shape index (κ2) is 6.65. The minimum atomic E-state index is -1.05. The Kier molecular flexibility index (Phi) is 4.56. The van der Waals surface area contributed by atoms with Gasteiger partial charge in [-0.05, 0) is 31.7 Å². The smallest absolute Gasteiger partial charge is 0.0796 e. The Morgan fingerprint density at radius 3 is 2.52 bits per heavy atom. The van der Waals surface area contributed by atoms with Crippen LogP contribution in [0.4, 0.5) is 0 Å². The molecule has 3 N–H and O–H groups in total. The van der Waals surface area contributed by atoms with Gasteiger partial charge >= 0.3 is 0 Å². The van der Waals surface area contributed by atoms with Gasteiger partial charge in [0.2, 0.25) is 0 Å². The van der Waals surface area contributed by atoms with Crippen LogP contribution < -0.4 is 0 Å². The molecule has 5 aliphatic carbocycles. The fraction of sp³-hybridized carbons (Fsp3) is 1.00. The van der Waals surface area contributed by atoms with Crippen LogP contribution in [0.3, 0.4) is 0 Å². The molecule has 0 aromatic carbocycles. The van der Waals surface area contributed by atoms with E-state index in [1.54, 1.807) is 21.3 Å². The molecule has 176 valence electrons. The zero-order valence-corrected chi connectivity index (χ0v) is 19.2. The second-order valence-electron chi connectivity index (χ2n) is 11.6. The summed E-state index contributed by atoms with van der Waals surface area (Å²) in [6.07, 6.45) is 1.65. The van der Waals surface area contributed by atoms with Gasteiger partial charge < -0.3 is 29.5 Å². The van der Waals surface area contributed by atoms with Crippen LogP contribution in [0.25, 0.3) is 0 Å². The molecule has 5 saturated carbocycles. The molecule has 3 unspecified atom stereocenters. The summed E-state index contributed by atoms with van der Waals surface area (Å²) in [5.74, 6) is -0.168. The molecule has 7 nitrogen and oxygen atoms in total. The first-order chi connectivity index (χ1) is 14.9. The van der Waals surface area contributed by atoms with E-state index >= 15 is 0 Å². The zero-order chi connectivity index (χ0) is 21.9. The van der Waals surface area contributed by atoms with Crippen molar-refractivity contribution in [1.29, 1.82) is 0 Å². The largest absolute Gasteiger partial charge is 0.392 e. The number of piperidine rings is 1. The fourth-order valence-electron chi connectivity index (χ4n) is 10.7. The second-order valence-corrected chi connectivity index (χ2v) is 11.6. The van der Waals surface area contributed by atoms with E-state index < -0.39 is 17.8 Å². The molecule has 0 aromatic rings. The Morgan fingerprint density at radius 2 is 1.87 bits per heavy atom. The van der Waals surface area contributed by atoms with Crippen LogP contribution in [-0.4, -0.2) is 97.3 Å². The maximum Gasteiger partial charge on any atom is 0.0796 e. The molecule has 1 aliphatic heterocycles. The van der Waals surface area contributed by atoms with Crippen molar-refractivity contribution >= 4 is 0 Å². The monoisotopic (exact) mass is 437 g/mol. The van der Waals surface area contributed by atoms with Crippen molar-refractivity contribution in [3.05, 3.63) is 0 Å². The van der Waals surface area contributed by atoms with Gasteiger partial charge in [-0.15, -0.1) is 0 Å². The van der Waals surface area contributed by atoms with Gasteiger partial charge in [0.1, 0.15) is 0 Å². The van der Waals surface area contributed by atoms with E-state index in [1.807, 2.05) is 0 Å². The summed E-state index contributed by atoms with van der Waals surface area (Å²) in [7, 11) is 5.24. The highest BCUT2D eigenvalue weighted by molar-refractivity contribution is 5.35. The highest BCUT2D eigenvalue weighted by atomic mass is 16.5. The van der Waals surface area contributed by atoms with E-state index in [2.05, 4.69) is 11.8 Å². The summed E-state index contributed by atoms with van der Waals surface area (Å²) in [4.78, 5) is 2.52. The molecule has 7 heteroatoms. The van der Waals surface area contributed by atoms with Crippen LogP contribution in [0.1, 0.15) is 32.6 Å². The van der Waals surface area contributed by atoms with E-state index in [0.29, 0.717) is 13.0 Å². The quantitative estimate of drug-likeness (QED) is 0.577. The number of hydrogen-bond donors (Lipinski definition) is 3. The van der Waals surface area contributed by atoms with Gasteiger partial charge in [0.15, 0.2) is 0 Å². The molecule has 7 bridgehead atoms. The number of rotatable bonds is 5. The first kappa shape index (κ1) is 21.3. The Morgan fingerprint density at radius 1 is 1.10 bits per heavy atom. The Balaban J connectivity index is 1.62. The normalized spacial score (nSPS) is 61.6. The maximum absolute atomic E-state index is 12.5. The average Bonchev–Trinajstić information content (AvgIpc) is 3.16. The fourth-order valence-corrected chi connectivity index (χ4v) is 10.7. The molecular weight excluding hydrogens is 398 g/mol. The highest BCUT2D eigenvalue weighted by Gasteiger charge is 2.86. The average molecular weight is 438 g/mol. The zero-order valence-electron chi connectivity index (χ0n) is 19.2. The van der Waals surface area contributed by atoms with Gasteiger partial charge in [-0.3, -0.25) is 4.90 Å². The predicted octanol–water partition coefficient (Wildman–Crippen LogP) is 0.502. The van der Waals surface area contributed by atoms with Crippen LogP contribution in [0.5, 0.6) is 0 Å². The minimum absolute atomic E-state index is 0.0248. The Labute approximate surface area is 185 Å². The molecule has 13 atom stereocenters. The standard InChI is InChI=1S/C24H39NO6/c1-5-25-10-22(11-29-2)7-6-15(26)24-13-8-12-14(30-3)9-23(28,16(13)18(12)27)17(21(24)25)19(31-4)20(22)24/h12-21,26-28H,5-11H2,1-4H3/t12?,13-,14+,15+,16-,17+,18+,19+,20-,21?,22+,23?,24+/m1/s1. The van der Waals surface area contributed by atoms with Crippen LogP contribution >= 0.6 is 0 Å². The van der Waals surface area contributed by atoms with Crippen molar-refractivity contribution in [3.63, 3.8) is 0 Å². The van der Waals surface area contributed by atoms with Gasteiger partial charge in [0, 0.05) is 74.8 Å². The summed E-state index contributed by atoms with van der Waals surface area (Å²) in [5, 5.41) is 35.7. The summed E-state index contributed by atoms with van der Waals surface area (Å²) in [5.41, 5.74) is -1.54. The molecule has 6 rings (SSSR count). The van der Waals surface area contributed by atoms with Crippen molar-refractivity contribution < 1.29 is 29.5 Å². The molecule has 0 radical (unpaired) electrons. The molecule has 31 heavy (non-hydrogen) atoms. The number of methoxy groups -OCH3 is 3. The van der Waals surface area contributed by atoms with Crippen molar-refractivity contribution in [2.75, 3.05) is 41.0 Å². The van der Waals surface area contributed by atoms with Crippen molar-refractivity contribution in [2.24, 2.45) is 40.4 Å². The third-order valence-corrected chi connectivity index (χ3v) is 11.1. The SMILES string of the molecule is CCN1C[C@]2(COC)CC[C@H](O)[C@]34C1[C@H]([C@H](OC)[C@H]23)C1(O)C[C@H](OC)C2C[C@@H]4[C@@H]1[C@H]2O. The van der Waals surface area contributed by atoms with E-state index in [1.165, 1.54) is 0 Å². The van der Waals surface area contributed by atoms with E-state index in [9.17, 15) is 15.3 Å². The van der Waals surface area contributed by atoms with E-state index in [0.717, 1.165) is 32.4 Å². The summed E-state index contributed by atoms with van der Waals surface area (Å²) < 4.78 is 18.0. The van der Waals surface area contributed by atoms with Gasteiger partial charge in [-0.2, -0.15) is 0 Å². The van der Waals surface area contributed by atoms with Crippen LogP contribution in [0, 0.1) is 40.4 Å². The first-order valence-electron chi connectivity index (χ1n) is 12.2. The number of hydrogen-bond acceptors (Lipinski definition) is 7. The van der Waals surface area contributed by atoms with Crippen LogP contribution in [0.15, 0.2) is 0 Å². The minimum Gasteiger partial charge on any atom is -0.392 e. The predicted molar refractivity (Wildman–Crippen MR) is 112 cm³/mol. The summed E-state index contributed by atoms with van der Waals surface area (Å²) in [6.45, 7) is 4.63. The molecule has 0 amide bonds. The molecule has 0 aromatic heterocycles. The van der Waals surface area contributed by atoms with Crippen molar-refractivity contribution in [1.82, 2.24) is 4.90 Å². The van der Waals surface area contributed by atoms with Gasteiger partial charge in [-0.1, -0.05) is 6.92 Å². The molecular formula is C24H39NO6. The maximum atomic E-state index is 12.5. The number of aliphatic hydroxyl groups excluding tert-OH is 2. The van der Waals surface area contributed by atoms with Crippen LogP contribution in [0.2, 0.25) is 0 Å². The van der Waals surface area contributed by atoms with Crippen LogP contribution in [-0.2, 0) is 14.2 Å². The lowest BCUT2D eigenvalue weighted by Crippen LogP contribution is -2.76. The summed E-state index contributed by atoms with van der Waals surface area (Å²) in [6, 6.07) is 0.0561. The lowest BCUT2D eigenvalue weighted by Gasteiger charge is -2.68. The molecule has 6 aliphatic rings. The molecule has 1 saturated heterocycles. The number of fused-ring (bicyclic) bond motifs is 2. The number of nitrogens with zero attached hydrogens (tertiary/aromatic N) is 1. The molecule has 1 spiro atoms.